The van der Waals surface area contributed by atoms with Crippen molar-refractivity contribution in [2.75, 3.05) is 0 Å². The van der Waals surface area contributed by atoms with E-state index in [1.54, 1.807) is 6.07 Å². The molecule has 0 radical (unpaired) electrons. The van der Waals surface area contributed by atoms with Crippen LogP contribution in [0.15, 0.2) is 40.9 Å². The molecule has 70 valence electrons. The quantitative estimate of drug-likeness (QED) is 0.749. The molecule has 2 rings (SSSR count). The molecule has 0 aromatic heterocycles. The molecule has 0 unspecified atom stereocenters. The Labute approximate surface area is 90.5 Å². The van der Waals surface area contributed by atoms with Crippen LogP contribution in [0.3, 0.4) is 0 Å². The lowest BCUT2D eigenvalue weighted by Gasteiger charge is -2.06. The Balaban J connectivity index is 2.84. The second kappa shape index (κ2) is 3.73. The van der Waals surface area contributed by atoms with E-state index in [4.69, 9.17) is 0 Å². The number of benzene rings is 2. The maximum absolute atomic E-state index is 9.18. The molecule has 0 saturated heterocycles. The van der Waals surface area contributed by atoms with Gasteiger partial charge in [-0.25, -0.2) is 0 Å². The molecule has 2 aromatic carbocycles. The fraction of sp³-hybridized carbons (Fsp3) is 0. The Morgan fingerprint density at radius 1 is 1.00 bits per heavy atom. The third kappa shape index (κ3) is 1.56. The highest BCUT2D eigenvalue weighted by Crippen LogP contribution is 2.21. The minimum absolute atomic E-state index is 0.523. The van der Waals surface area contributed by atoms with Crippen molar-refractivity contribution in [1.82, 2.24) is 0 Å². The minimum Gasteiger partial charge on any atom is -0.423 e. The van der Waals surface area contributed by atoms with Gasteiger partial charge in [0.15, 0.2) is 0 Å². The van der Waals surface area contributed by atoms with E-state index in [1.807, 2.05) is 30.3 Å². The van der Waals surface area contributed by atoms with Crippen LogP contribution < -0.4 is 5.46 Å². The SMILES string of the molecule is OB(O)c1cccc2cccc(Br)c12. The Morgan fingerprint density at radius 2 is 1.64 bits per heavy atom. The van der Waals surface area contributed by atoms with Crippen LogP contribution in [0, 0.1) is 0 Å². The molecule has 0 aliphatic rings. The zero-order chi connectivity index (χ0) is 10.1. The van der Waals surface area contributed by atoms with Crippen LogP contribution in [0.5, 0.6) is 0 Å². The van der Waals surface area contributed by atoms with Crippen molar-refractivity contribution in [3.8, 4) is 0 Å². The first-order chi connectivity index (χ1) is 6.70. The van der Waals surface area contributed by atoms with Crippen molar-refractivity contribution in [2.24, 2.45) is 0 Å². The molecule has 0 atom stereocenters. The standard InChI is InChI=1S/C10H8BBrO2/c12-9-6-2-4-7-3-1-5-8(10(7)9)11(13)14/h1-6,13-14H. The van der Waals surface area contributed by atoms with E-state index in [0.29, 0.717) is 5.46 Å². The van der Waals surface area contributed by atoms with Crippen LogP contribution >= 0.6 is 15.9 Å². The summed E-state index contributed by atoms with van der Waals surface area (Å²) in [5.41, 5.74) is 0.523. The zero-order valence-corrected chi connectivity index (χ0v) is 8.90. The average Bonchev–Trinajstić information content (AvgIpc) is 2.17. The topological polar surface area (TPSA) is 40.5 Å². The van der Waals surface area contributed by atoms with E-state index in [9.17, 15) is 10.0 Å². The lowest BCUT2D eigenvalue weighted by molar-refractivity contribution is 0.426. The van der Waals surface area contributed by atoms with Gasteiger partial charge in [0, 0.05) is 4.47 Å². The predicted molar refractivity (Wildman–Crippen MR) is 61.5 cm³/mol. The predicted octanol–water partition coefficient (Wildman–Crippen LogP) is 1.28. The molecule has 14 heavy (non-hydrogen) atoms. The lowest BCUT2D eigenvalue weighted by atomic mass is 9.77. The van der Waals surface area contributed by atoms with E-state index >= 15 is 0 Å². The molecule has 0 fully saturated rings. The first-order valence-electron chi connectivity index (χ1n) is 4.23. The number of fused-ring (bicyclic) bond motifs is 1. The van der Waals surface area contributed by atoms with Crippen molar-refractivity contribution in [3.05, 3.63) is 40.9 Å². The minimum atomic E-state index is -1.43. The summed E-state index contributed by atoms with van der Waals surface area (Å²) in [7, 11) is -1.43. The molecule has 0 aliphatic carbocycles. The number of rotatable bonds is 1. The maximum atomic E-state index is 9.18. The normalized spacial score (nSPS) is 10.5. The van der Waals surface area contributed by atoms with Crippen LogP contribution in [-0.4, -0.2) is 17.2 Å². The van der Waals surface area contributed by atoms with E-state index in [1.165, 1.54) is 0 Å². The molecule has 2 N–H and O–H groups in total. The molecule has 0 aliphatic heterocycles. The monoisotopic (exact) mass is 250 g/mol. The van der Waals surface area contributed by atoms with Gasteiger partial charge in [-0.3, -0.25) is 0 Å². The third-order valence-corrected chi connectivity index (χ3v) is 2.83. The third-order valence-electron chi connectivity index (χ3n) is 2.16. The zero-order valence-electron chi connectivity index (χ0n) is 7.31. The molecule has 0 heterocycles. The van der Waals surface area contributed by atoms with E-state index in [0.717, 1.165) is 15.2 Å². The summed E-state index contributed by atoms with van der Waals surface area (Å²) in [5, 5.41) is 20.2. The van der Waals surface area contributed by atoms with Gasteiger partial charge >= 0.3 is 7.12 Å². The van der Waals surface area contributed by atoms with Gasteiger partial charge in [0.2, 0.25) is 0 Å². The summed E-state index contributed by atoms with van der Waals surface area (Å²) < 4.78 is 0.874. The molecule has 2 aromatic rings. The van der Waals surface area contributed by atoms with Gasteiger partial charge < -0.3 is 10.0 Å². The summed E-state index contributed by atoms with van der Waals surface area (Å²) in [4.78, 5) is 0. The van der Waals surface area contributed by atoms with Crippen LogP contribution in [0.25, 0.3) is 10.8 Å². The van der Waals surface area contributed by atoms with Crippen molar-refractivity contribution in [3.63, 3.8) is 0 Å². The van der Waals surface area contributed by atoms with E-state index < -0.39 is 7.12 Å². The van der Waals surface area contributed by atoms with Crippen LogP contribution in [0.4, 0.5) is 0 Å². The van der Waals surface area contributed by atoms with Gasteiger partial charge in [-0.1, -0.05) is 46.3 Å². The summed E-state index contributed by atoms with van der Waals surface area (Å²) in [6.07, 6.45) is 0. The molecule has 0 saturated carbocycles. The number of hydrogen-bond donors (Lipinski definition) is 2. The molecular weight excluding hydrogens is 243 g/mol. The second-order valence-electron chi connectivity index (χ2n) is 3.06. The van der Waals surface area contributed by atoms with Crippen LogP contribution in [0.2, 0.25) is 0 Å². The van der Waals surface area contributed by atoms with Crippen LogP contribution in [-0.2, 0) is 0 Å². The van der Waals surface area contributed by atoms with Gasteiger partial charge in [-0.05, 0) is 22.3 Å². The fourth-order valence-electron chi connectivity index (χ4n) is 1.54. The molecule has 0 spiro atoms. The van der Waals surface area contributed by atoms with Crippen molar-refractivity contribution < 1.29 is 10.0 Å². The Kier molecular flexibility index (Phi) is 2.59. The maximum Gasteiger partial charge on any atom is 0.489 e. The molecule has 2 nitrogen and oxygen atoms in total. The highest BCUT2D eigenvalue weighted by Gasteiger charge is 2.15. The average molecular weight is 251 g/mol. The van der Waals surface area contributed by atoms with E-state index in [-0.39, 0.29) is 0 Å². The van der Waals surface area contributed by atoms with Gasteiger partial charge in [-0.15, -0.1) is 0 Å². The van der Waals surface area contributed by atoms with Crippen molar-refractivity contribution >= 4 is 39.3 Å². The van der Waals surface area contributed by atoms with Gasteiger partial charge in [0.1, 0.15) is 0 Å². The highest BCUT2D eigenvalue weighted by atomic mass is 79.9. The number of hydrogen-bond acceptors (Lipinski definition) is 2. The summed E-state index contributed by atoms with van der Waals surface area (Å²) in [5.74, 6) is 0. The summed E-state index contributed by atoms with van der Waals surface area (Å²) in [6.45, 7) is 0. The summed E-state index contributed by atoms with van der Waals surface area (Å²) in [6, 6.07) is 11.2. The second-order valence-corrected chi connectivity index (χ2v) is 3.91. The largest absolute Gasteiger partial charge is 0.489 e. The fourth-order valence-corrected chi connectivity index (χ4v) is 2.15. The molecule has 0 amide bonds. The smallest absolute Gasteiger partial charge is 0.423 e. The van der Waals surface area contributed by atoms with Crippen molar-refractivity contribution in [1.29, 1.82) is 0 Å². The van der Waals surface area contributed by atoms with E-state index in [2.05, 4.69) is 15.9 Å². The summed E-state index contributed by atoms with van der Waals surface area (Å²) >= 11 is 3.39. The van der Waals surface area contributed by atoms with Crippen LogP contribution in [0.1, 0.15) is 0 Å². The Morgan fingerprint density at radius 3 is 2.29 bits per heavy atom. The lowest BCUT2D eigenvalue weighted by Crippen LogP contribution is -2.30. The van der Waals surface area contributed by atoms with Gasteiger partial charge in [0.25, 0.3) is 0 Å². The first kappa shape index (κ1) is 9.71. The van der Waals surface area contributed by atoms with Gasteiger partial charge in [0.05, 0.1) is 0 Å². The molecular formula is C10H8BBrO2. The Hall–Kier alpha value is -0.835. The Bertz CT molecular complexity index is 465. The molecule has 4 heteroatoms. The number of halogens is 1. The van der Waals surface area contributed by atoms with Gasteiger partial charge in [-0.2, -0.15) is 0 Å². The molecule has 0 bridgehead atoms. The highest BCUT2D eigenvalue weighted by molar-refractivity contribution is 9.10. The first-order valence-corrected chi connectivity index (χ1v) is 5.03. The van der Waals surface area contributed by atoms with Crippen molar-refractivity contribution in [2.45, 2.75) is 0 Å².